The molecule has 3 fully saturated rings. The molecule has 0 atom stereocenters. The lowest BCUT2D eigenvalue weighted by Gasteiger charge is -2.62. The third-order valence-corrected chi connectivity index (χ3v) is 2.84. The van der Waals surface area contributed by atoms with Gasteiger partial charge in [0.15, 0.2) is 0 Å². The van der Waals surface area contributed by atoms with E-state index in [1.165, 1.54) is 25.7 Å². The van der Waals surface area contributed by atoms with Crippen LogP contribution in [0.1, 0.15) is 25.7 Å². The fraction of sp³-hybridized carbons (Fsp3) is 1.00. The predicted molar refractivity (Wildman–Crippen MR) is 33.4 cm³/mol. The van der Waals surface area contributed by atoms with E-state index in [4.69, 9.17) is 5.73 Å². The molecule has 3 saturated carbocycles. The van der Waals surface area contributed by atoms with Crippen LogP contribution < -0.4 is 5.73 Å². The first-order valence-corrected chi connectivity index (χ1v) is 3.55. The molecule has 0 saturated heterocycles. The van der Waals surface area contributed by atoms with Crippen LogP contribution in [0.4, 0.5) is 0 Å². The summed E-state index contributed by atoms with van der Waals surface area (Å²) < 4.78 is 0. The molecule has 46 valence electrons. The molecule has 3 aliphatic rings. The van der Waals surface area contributed by atoms with Gasteiger partial charge in [-0.15, -0.1) is 0 Å². The van der Waals surface area contributed by atoms with Crippen LogP contribution in [0.25, 0.3) is 0 Å². The summed E-state index contributed by atoms with van der Waals surface area (Å²) in [5.41, 5.74) is 6.24. The van der Waals surface area contributed by atoms with Crippen molar-refractivity contribution in [2.75, 3.05) is 6.54 Å². The molecule has 3 rings (SSSR count). The number of hydrogen-bond acceptors (Lipinski definition) is 1. The summed E-state index contributed by atoms with van der Waals surface area (Å²) >= 11 is 0. The fourth-order valence-electron chi connectivity index (χ4n) is 2.27. The molecule has 0 aromatic carbocycles. The van der Waals surface area contributed by atoms with E-state index < -0.39 is 0 Å². The predicted octanol–water partition coefficient (Wildman–Crippen LogP) is 1.14. The number of hydrogen-bond donors (Lipinski definition) is 1. The lowest BCUT2D eigenvalue weighted by atomic mass is 9.43. The maximum atomic E-state index is 5.45. The van der Waals surface area contributed by atoms with E-state index in [0.29, 0.717) is 0 Å². The second-order valence-electron chi connectivity index (χ2n) is 3.52. The van der Waals surface area contributed by atoms with Crippen LogP contribution in [0, 0.1) is 11.3 Å². The van der Waals surface area contributed by atoms with Crippen LogP contribution in [0.15, 0.2) is 0 Å². The van der Waals surface area contributed by atoms with Crippen LogP contribution in [0.2, 0.25) is 0 Å². The van der Waals surface area contributed by atoms with Crippen LogP contribution in [-0.2, 0) is 0 Å². The van der Waals surface area contributed by atoms with E-state index in [1.807, 2.05) is 0 Å². The van der Waals surface area contributed by atoms with Crippen molar-refractivity contribution in [2.45, 2.75) is 25.7 Å². The van der Waals surface area contributed by atoms with E-state index >= 15 is 0 Å². The van der Waals surface area contributed by atoms with Gasteiger partial charge in [0.2, 0.25) is 0 Å². The summed E-state index contributed by atoms with van der Waals surface area (Å²) in [5.74, 6) is 1.13. The average Bonchev–Trinajstić information content (AvgIpc) is 1.50. The Morgan fingerprint density at radius 1 is 1.38 bits per heavy atom. The topological polar surface area (TPSA) is 26.0 Å². The van der Waals surface area contributed by atoms with Gasteiger partial charge in [-0.1, -0.05) is 0 Å². The molecular weight excluding hydrogens is 98.1 g/mol. The Bertz CT molecular complexity index is 91.9. The van der Waals surface area contributed by atoms with Gasteiger partial charge in [-0.25, -0.2) is 0 Å². The summed E-state index contributed by atoms with van der Waals surface area (Å²) in [6.45, 7) is 0.909. The zero-order chi connectivity index (χ0) is 5.61. The number of nitrogens with two attached hydrogens (primary N) is 1. The third-order valence-electron chi connectivity index (χ3n) is 2.84. The maximum Gasteiger partial charge on any atom is -0.00720 e. The third kappa shape index (κ3) is 0.408. The summed E-state index contributed by atoms with van der Waals surface area (Å²) in [5, 5.41) is 0. The standard InChI is InChI=1S/C7H13N/c8-2-1-7-3-6(4-7)5-7/h6H,1-5,8H2. The molecule has 1 heteroatoms. The highest BCUT2D eigenvalue weighted by Crippen LogP contribution is 2.65. The first-order chi connectivity index (χ1) is 3.85. The first-order valence-electron chi connectivity index (χ1n) is 3.55. The smallest absolute Gasteiger partial charge is 0.00720 e. The molecule has 0 heterocycles. The van der Waals surface area contributed by atoms with E-state index in [0.717, 1.165) is 17.9 Å². The Kier molecular flexibility index (Phi) is 0.762. The molecule has 1 nitrogen and oxygen atoms in total. The Morgan fingerprint density at radius 3 is 2.12 bits per heavy atom. The van der Waals surface area contributed by atoms with E-state index in [-0.39, 0.29) is 0 Å². The molecule has 0 aliphatic heterocycles. The van der Waals surface area contributed by atoms with Crippen LogP contribution in [0.5, 0.6) is 0 Å². The highest BCUT2D eigenvalue weighted by atomic mass is 14.6. The highest BCUT2D eigenvalue weighted by Gasteiger charge is 2.55. The second-order valence-corrected chi connectivity index (χ2v) is 3.52. The van der Waals surface area contributed by atoms with Crippen LogP contribution in [-0.4, -0.2) is 6.54 Å². The van der Waals surface area contributed by atoms with Gasteiger partial charge in [0.05, 0.1) is 0 Å². The average molecular weight is 111 g/mol. The number of rotatable bonds is 2. The normalized spacial score (nSPS) is 49.9. The van der Waals surface area contributed by atoms with Gasteiger partial charge in [-0.2, -0.15) is 0 Å². The van der Waals surface area contributed by atoms with Crippen molar-refractivity contribution in [3.8, 4) is 0 Å². The zero-order valence-electron chi connectivity index (χ0n) is 5.19. The summed E-state index contributed by atoms with van der Waals surface area (Å²) in [7, 11) is 0. The summed E-state index contributed by atoms with van der Waals surface area (Å²) in [4.78, 5) is 0. The minimum atomic E-state index is 0.791. The lowest BCUT2D eigenvalue weighted by molar-refractivity contribution is -0.109. The molecule has 2 bridgehead atoms. The van der Waals surface area contributed by atoms with Crippen LogP contribution in [0.3, 0.4) is 0 Å². The van der Waals surface area contributed by atoms with Crippen molar-refractivity contribution >= 4 is 0 Å². The molecule has 0 aromatic rings. The first kappa shape index (κ1) is 4.80. The van der Waals surface area contributed by atoms with Crippen molar-refractivity contribution in [1.29, 1.82) is 0 Å². The molecule has 0 amide bonds. The van der Waals surface area contributed by atoms with E-state index in [1.54, 1.807) is 0 Å². The fourth-order valence-corrected chi connectivity index (χ4v) is 2.27. The second kappa shape index (κ2) is 1.27. The summed E-state index contributed by atoms with van der Waals surface area (Å²) in [6.07, 6.45) is 5.81. The van der Waals surface area contributed by atoms with E-state index in [2.05, 4.69) is 0 Å². The Morgan fingerprint density at radius 2 is 2.00 bits per heavy atom. The van der Waals surface area contributed by atoms with Gasteiger partial charge in [0, 0.05) is 0 Å². The molecule has 8 heavy (non-hydrogen) atoms. The Hall–Kier alpha value is -0.0400. The molecule has 0 spiro atoms. The lowest BCUT2D eigenvalue weighted by Crippen LogP contribution is -2.52. The van der Waals surface area contributed by atoms with Gasteiger partial charge in [-0.3, -0.25) is 0 Å². The minimum Gasteiger partial charge on any atom is -0.330 e. The molecule has 3 aliphatic carbocycles. The Balaban J connectivity index is 1.87. The van der Waals surface area contributed by atoms with Gasteiger partial charge in [0.1, 0.15) is 0 Å². The zero-order valence-corrected chi connectivity index (χ0v) is 5.19. The van der Waals surface area contributed by atoms with Crippen LogP contribution >= 0.6 is 0 Å². The summed E-state index contributed by atoms with van der Waals surface area (Å²) in [6, 6.07) is 0. The molecule has 0 radical (unpaired) electrons. The quantitative estimate of drug-likeness (QED) is 0.568. The van der Waals surface area contributed by atoms with Crippen molar-refractivity contribution in [3.05, 3.63) is 0 Å². The SMILES string of the molecule is NCCC12CC(C1)C2. The van der Waals surface area contributed by atoms with Gasteiger partial charge in [-0.05, 0) is 43.6 Å². The van der Waals surface area contributed by atoms with Gasteiger partial charge in [0.25, 0.3) is 0 Å². The highest BCUT2D eigenvalue weighted by molar-refractivity contribution is 5.06. The van der Waals surface area contributed by atoms with Crippen molar-refractivity contribution < 1.29 is 0 Å². The van der Waals surface area contributed by atoms with Crippen molar-refractivity contribution in [2.24, 2.45) is 17.1 Å². The van der Waals surface area contributed by atoms with Gasteiger partial charge >= 0.3 is 0 Å². The molecule has 0 unspecified atom stereocenters. The van der Waals surface area contributed by atoms with Crippen molar-refractivity contribution in [3.63, 3.8) is 0 Å². The molecular formula is C7H13N. The largest absolute Gasteiger partial charge is 0.330 e. The Labute approximate surface area is 50.3 Å². The monoisotopic (exact) mass is 111 g/mol. The maximum absolute atomic E-state index is 5.45. The molecule has 0 aromatic heterocycles. The molecule has 2 N–H and O–H groups in total. The van der Waals surface area contributed by atoms with Gasteiger partial charge < -0.3 is 5.73 Å². The van der Waals surface area contributed by atoms with Crippen molar-refractivity contribution in [1.82, 2.24) is 0 Å². The minimum absolute atomic E-state index is 0.791. The van der Waals surface area contributed by atoms with E-state index in [9.17, 15) is 0 Å².